The quantitative estimate of drug-likeness (QED) is 0.769. The summed E-state index contributed by atoms with van der Waals surface area (Å²) in [5, 5.41) is 4.03. The standard InChI is InChI=1S/C17H19N5O2/c1-10-3-4-15(24-10)13-7-22(8-14(13)21-11(2)23)17-12-5-6-18-16(12)19-9-20-17/h3-6,9,13-14H,7-8H2,1-2H3,(H,21,23)(H,18,19,20). The molecule has 2 unspecified atom stereocenters. The van der Waals surface area contributed by atoms with Gasteiger partial charge in [-0.05, 0) is 25.1 Å². The first-order valence-electron chi connectivity index (χ1n) is 7.98. The fourth-order valence-corrected chi connectivity index (χ4v) is 3.44. The maximum atomic E-state index is 11.6. The zero-order valence-corrected chi connectivity index (χ0v) is 13.6. The molecule has 7 heteroatoms. The Balaban J connectivity index is 1.68. The summed E-state index contributed by atoms with van der Waals surface area (Å²) in [5.74, 6) is 2.70. The zero-order chi connectivity index (χ0) is 16.7. The fourth-order valence-electron chi connectivity index (χ4n) is 3.44. The molecule has 1 fully saturated rings. The van der Waals surface area contributed by atoms with Crippen LogP contribution in [0.3, 0.4) is 0 Å². The molecule has 124 valence electrons. The second kappa shape index (κ2) is 5.67. The molecule has 4 heterocycles. The van der Waals surface area contributed by atoms with E-state index in [4.69, 9.17) is 4.42 Å². The molecule has 7 nitrogen and oxygen atoms in total. The summed E-state index contributed by atoms with van der Waals surface area (Å²) >= 11 is 0. The Hall–Kier alpha value is -2.83. The molecule has 1 aliphatic heterocycles. The van der Waals surface area contributed by atoms with Gasteiger partial charge >= 0.3 is 0 Å². The van der Waals surface area contributed by atoms with Gasteiger partial charge in [-0.15, -0.1) is 0 Å². The fraction of sp³-hybridized carbons (Fsp3) is 0.353. The molecular weight excluding hydrogens is 306 g/mol. The van der Waals surface area contributed by atoms with E-state index in [9.17, 15) is 4.79 Å². The highest BCUT2D eigenvalue weighted by Gasteiger charge is 2.37. The van der Waals surface area contributed by atoms with Crippen LogP contribution in [0.5, 0.6) is 0 Å². The monoisotopic (exact) mass is 325 g/mol. The number of carbonyl (C=O) groups is 1. The van der Waals surface area contributed by atoms with Gasteiger partial charge in [0.1, 0.15) is 29.3 Å². The molecule has 1 aliphatic rings. The van der Waals surface area contributed by atoms with Crippen molar-refractivity contribution in [3.05, 3.63) is 42.2 Å². The maximum Gasteiger partial charge on any atom is 0.217 e. The van der Waals surface area contributed by atoms with Gasteiger partial charge in [0, 0.05) is 26.2 Å². The number of rotatable bonds is 3. The molecule has 0 saturated carbocycles. The van der Waals surface area contributed by atoms with E-state index in [1.54, 1.807) is 13.3 Å². The molecule has 1 saturated heterocycles. The van der Waals surface area contributed by atoms with Crippen molar-refractivity contribution in [2.45, 2.75) is 25.8 Å². The number of fused-ring (bicyclic) bond motifs is 1. The minimum atomic E-state index is -0.0374. The van der Waals surface area contributed by atoms with Crippen molar-refractivity contribution in [1.29, 1.82) is 0 Å². The van der Waals surface area contributed by atoms with Crippen molar-refractivity contribution in [3.8, 4) is 0 Å². The number of amides is 1. The van der Waals surface area contributed by atoms with E-state index in [0.717, 1.165) is 34.9 Å². The topological polar surface area (TPSA) is 87.0 Å². The molecule has 3 aromatic rings. The minimum absolute atomic E-state index is 0.0167. The average molecular weight is 325 g/mol. The Morgan fingerprint density at radius 1 is 1.33 bits per heavy atom. The molecule has 0 spiro atoms. The first kappa shape index (κ1) is 14.7. The first-order chi connectivity index (χ1) is 11.6. The third kappa shape index (κ3) is 2.51. The summed E-state index contributed by atoms with van der Waals surface area (Å²) in [6, 6.07) is 5.90. The van der Waals surface area contributed by atoms with Crippen molar-refractivity contribution in [1.82, 2.24) is 20.3 Å². The highest BCUT2D eigenvalue weighted by Crippen LogP contribution is 2.33. The van der Waals surface area contributed by atoms with Crippen LogP contribution >= 0.6 is 0 Å². The minimum Gasteiger partial charge on any atom is -0.466 e. The van der Waals surface area contributed by atoms with Gasteiger partial charge in [-0.2, -0.15) is 0 Å². The molecule has 2 atom stereocenters. The van der Waals surface area contributed by atoms with E-state index < -0.39 is 0 Å². The molecule has 0 radical (unpaired) electrons. The van der Waals surface area contributed by atoms with Gasteiger partial charge in [-0.3, -0.25) is 4.79 Å². The Morgan fingerprint density at radius 3 is 2.96 bits per heavy atom. The first-order valence-corrected chi connectivity index (χ1v) is 7.98. The van der Waals surface area contributed by atoms with E-state index in [1.165, 1.54) is 0 Å². The van der Waals surface area contributed by atoms with Crippen molar-refractivity contribution in [2.75, 3.05) is 18.0 Å². The SMILES string of the molecule is CC(=O)NC1CN(c2ncnc3[nH]ccc23)CC1c1ccc(C)o1. The van der Waals surface area contributed by atoms with Gasteiger partial charge in [0.05, 0.1) is 17.3 Å². The van der Waals surface area contributed by atoms with Crippen LogP contribution in [0.4, 0.5) is 5.82 Å². The number of anilines is 1. The lowest BCUT2D eigenvalue weighted by atomic mass is 10.0. The number of furan rings is 1. The predicted molar refractivity (Wildman–Crippen MR) is 89.9 cm³/mol. The van der Waals surface area contributed by atoms with Crippen LogP contribution in [0.15, 0.2) is 35.1 Å². The van der Waals surface area contributed by atoms with E-state index in [1.807, 2.05) is 31.3 Å². The average Bonchev–Trinajstić information content (AvgIpc) is 3.25. The van der Waals surface area contributed by atoms with Crippen LogP contribution in [0.1, 0.15) is 24.4 Å². The summed E-state index contributed by atoms with van der Waals surface area (Å²) in [6.45, 7) is 4.88. The predicted octanol–water partition coefficient (Wildman–Crippen LogP) is 1.97. The van der Waals surface area contributed by atoms with Crippen molar-refractivity contribution in [2.24, 2.45) is 0 Å². The number of hydrogen-bond donors (Lipinski definition) is 2. The number of aromatic amines is 1. The van der Waals surface area contributed by atoms with Crippen LogP contribution in [-0.4, -0.2) is 40.0 Å². The Bertz CT molecular complexity index is 884. The number of nitrogens with zero attached hydrogens (tertiary/aromatic N) is 3. The molecule has 3 aromatic heterocycles. The highest BCUT2D eigenvalue weighted by atomic mass is 16.3. The number of hydrogen-bond acceptors (Lipinski definition) is 5. The second-order valence-electron chi connectivity index (χ2n) is 6.20. The van der Waals surface area contributed by atoms with Crippen molar-refractivity contribution < 1.29 is 9.21 Å². The lowest BCUT2D eigenvalue weighted by Gasteiger charge is -2.18. The van der Waals surface area contributed by atoms with E-state index in [2.05, 4.69) is 25.2 Å². The Labute approximate surface area is 139 Å². The largest absolute Gasteiger partial charge is 0.466 e. The molecule has 1 amide bonds. The van der Waals surface area contributed by atoms with Gasteiger partial charge in [0.15, 0.2) is 0 Å². The van der Waals surface area contributed by atoms with Gasteiger partial charge in [0.25, 0.3) is 0 Å². The third-order valence-electron chi connectivity index (χ3n) is 4.47. The van der Waals surface area contributed by atoms with Crippen molar-refractivity contribution >= 4 is 22.8 Å². The molecular formula is C17H19N5O2. The Morgan fingerprint density at radius 2 is 2.21 bits per heavy atom. The molecule has 4 rings (SSSR count). The molecule has 24 heavy (non-hydrogen) atoms. The number of aromatic nitrogens is 3. The normalized spacial score (nSPS) is 20.7. The van der Waals surface area contributed by atoms with E-state index in [0.29, 0.717) is 6.54 Å². The van der Waals surface area contributed by atoms with Gasteiger partial charge < -0.3 is 19.6 Å². The lowest BCUT2D eigenvalue weighted by molar-refractivity contribution is -0.119. The van der Waals surface area contributed by atoms with Crippen LogP contribution < -0.4 is 10.2 Å². The number of carbonyl (C=O) groups excluding carboxylic acids is 1. The summed E-state index contributed by atoms with van der Waals surface area (Å²) in [6.07, 6.45) is 3.42. The van der Waals surface area contributed by atoms with Crippen molar-refractivity contribution in [3.63, 3.8) is 0 Å². The van der Waals surface area contributed by atoms with Gasteiger partial charge in [-0.1, -0.05) is 0 Å². The van der Waals surface area contributed by atoms with E-state index >= 15 is 0 Å². The molecule has 0 aromatic carbocycles. The third-order valence-corrected chi connectivity index (χ3v) is 4.47. The smallest absolute Gasteiger partial charge is 0.217 e. The number of H-pyrrole nitrogens is 1. The maximum absolute atomic E-state index is 11.6. The molecule has 2 N–H and O–H groups in total. The highest BCUT2D eigenvalue weighted by molar-refractivity contribution is 5.87. The van der Waals surface area contributed by atoms with Crippen LogP contribution in [0, 0.1) is 6.92 Å². The number of aryl methyl sites for hydroxylation is 1. The second-order valence-corrected chi connectivity index (χ2v) is 6.20. The zero-order valence-electron chi connectivity index (χ0n) is 13.6. The molecule has 0 aliphatic carbocycles. The summed E-state index contributed by atoms with van der Waals surface area (Å²) in [7, 11) is 0. The van der Waals surface area contributed by atoms with Crippen LogP contribution in [-0.2, 0) is 4.79 Å². The van der Waals surface area contributed by atoms with Gasteiger partial charge in [0.2, 0.25) is 5.91 Å². The lowest BCUT2D eigenvalue weighted by Crippen LogP contribution is -2.38. The number of nitrogens with one attached hydrogen (secondary N) is 2. The summed E-state index contributed by atoms with van der Waals surface area (Å²) in [4.78, 5) is 25.6. The van der Waals surface area contributed by atoms with Crippen LogP contribution in [0.2, 0.25) is 0 Å². The van der Waals surface area contributed by atoms with E-state index in [-0.39, 0.29) is 17.9 Å². The van der Waals surface area contributed by atoms with Crippen LogP contribution in [0.25, 0.3) is 11.0 Å². The Kier molecular flexibility index (Phi) is 3.48. The summed E-state index contributed by atoms with van der Waals surface area (Å²) in [5.41, 5.74) is 0.813. The summed E-state index contributed by atoms with van der Waals surface area (Å²) < 4.78 is 5.82. The van der Waals surface area contributed by atoms with Gasteiger partial charge in [-0.25, -0.2) is 9.97 Å². The molecule has 0 bridgehead atoms.